The lowest BCUT2D eigenvalue weighted by molar-refractivity contribution is 0.181. The van der Waals surface area contributed by atoms with Gasteiger partial charge in [-0.15, -0.1) is 0 Å². The lowest BCUT2D eigenvalue weighted by Gasteiger charge is -2.29. The smallest absolute Gasteiger partial charge is 0.129 e. The molecule has 0 aliphatic rings. The molecule has 114 valence electrons. The van der Waals surface area contributed by atoms with Crippen LogP contribution in [0.1, 0.15) is 40.3 Å². The largest absolute Gasteiger partial charge is 0.383 e. The SMILES string of the molecule is CCN(c1cccc(CNC(C)(C)C)n1)C(C)COC. The van der Waals surface area contributed by atoms with Crippen LogP contribution in [0.3, 0.4) is 0 Å². The third kappa shape index (κ3) is 5.47. The van der Waals surface area contributed by atoms with Crippen molar-refractivity contribution >= 4 is 5.82 Å². The first-order valence-corrected chi connectivity index (χ1v) is 7.34. The van der Waals surface area contributed by atoms with Crippen molar-refractivity contribution in [2.45, 2.75) is 52.7 Å². The third-order valence-electron chi connectivity index (χ3n) is 3.17. The molecule has 1 N–H and O–H groups in total. The third-order valence-corrected chi connectivity index (χ3v) is 3.17. The Kier molecular flexibility index (Phi) is 6.43. The average Bonchev–Trinajstić information content (AvgIpc) is 2.37. The van der Waals surface area contributed by atoms with Gasteiger partial charge in [0.25, 0.3) is 0 Å². The van der Waals surface area contributed by atoms with Crippen molar-refractivity contribution in [2.75, 3.05) is 25.2 Å². The summed E-state index contributed by atoms with van der Waals surface area (Å²) in [6, 6.07) is 6.53. The summed E-state index contributed by atoms with van der Waals surface area (Å²) in [4.78, 5) is 7.03. The van der Waals surface area contributed by atoms with E-state index in [0.29, 0.717) is 12.6 Å². The van der Waals surface area contributed by atoms with Gasteiger partial charge in [0.2, 0.25) is 0 Å². The minimum atomic E-state index is 0.103. The number of pyridine rings is 1. The Balaban J connectivity index is 2.79. The number of nitrogens with one attached hydrogen (secondary N) is 1. The van der Waals surface area contributed by atoms with E-state index in [0.717, 1.165) is 24.6 Å². The molecule has 1 atom stereocenters. The maximum Gasteiger partial charge on any atom is 0.129 e. The molecule has 0 aromatic carbocycles. The topological polar surface area (TPSA) is 37.4 Å². The zero-order chi connectivity index (χ0) is 15.2. The van der Waals surface area contributed by atoms with Crippen molar-refractivity contribution in [3.8, 4) is 0 Å². The van der Waals surface area contributed by atoms with Crippen LogP contribution in [0.2, 0.25) is 0 Å². The molecule has 0 spiro atoms. The molecule has 0 bridgehead atoms. The average molecular weight is 279 g/mol. The van der Waals surface area contributed by atoms with E-state index in [2.05, 4.69) is 63.0 Å². The number of likely N-dealkylation sites (N-methyl/N-ethyl adjacent to an activating group) is 1. The normalized spacial score (nSPS) is 13.3. The predicted octanol–water partition coefficient (Wildman–Crippen LogP) is 2.83. The maximum atomic E-state index is 5.25. The lowest BCUT2D eigenvalue weighted by Crippen LogP contribution is -2.37. The van der Waals surface area contributed by atoms with E-state index in [-0.39, 0.29) is 5.54 Å². The summed E-state index contributed by atoms with van der Waals surface area (Å²) in [5, 5.41) is 3.47. The van der Waals surface area contributed by atoms with Crippen LogP contribution in [0.25, 0.3) is 0 Å². The Labute approximate surface area is 123 Å². The maximum absolute atomic E-state index is 5.25. The number of anilines is 1. The molecule has 0 fully saturated rings. The van der Waals surface area contributed by atoms with Crippen molar-refractivity contribution in [1.82, 2.24) is 10.3 Å². The standard InChI is InChI=1S/C16H29N3O/c1-7-19(13(2)12-20-6)15-10-8-9-14(18-15)11-17-16(3,4)5/h8-10,13,17H,7,11-12H2,1-6H3. The molecule has 0 aliphatic heterocycles. The van der Waals surface area contributed by atoms with Crippen LogP contribution >= 0.6 is 0 Å². The van der Waals surface area contributed by atoms with Gasteiger partial charge in [0.15, 0.2) is 0 Å². The molecule has 4 heteroatoms. The quantitative estimate of drug-likeness (QED) is 0.833. The molecule has 1 unspecified atom stereocenters. The summed E-state index contributed by atoms with van der Waals surface area (Å²) in [5.74, 6) is 1.02. The number of hydrogen-bond acceptors (Lipinski definition) is 4. The van der Waals surface area contributed by atoms with E-state index in [1.54, 1.807) is 7.11 Å². The fourth-order valence-electron chi connectivity index (χ4n) is 2.11. The Morgan fingerprint density at radius 1 is 1.35 bits per heavy atom. The van der Waals surface area contributed by atoms with Crippen LogP contribution in [0.15, 0.2) is 18.2 Å². The van der Waals surface area contributed by atoms with Crippen LogP contribution in [-0.4, -0.2) is 36.8 Å². The number of nitrogens with zero attached hydrogens (tertiary/aromatic N) is 2. The van der Waals surface area contributed by atoms with Crippen molar-refractivity contribution in [2.24, 2.45) is 0 Å². The predicted molar refractivity (Wildman–Crippen MR) is 85.2 cm³/mol. The molecular formula is C16H29N3O. The van der Waals surface area contributed by atoms with E-state index >= 15 is 0 Å². The van der Waals surface area contributed by atoms with E-state index in [4.69, 9.17) is 9.72 Å². The highest BCUT2D eigenvalue weighted by molar-refractivity contribution is 5.40. The van der Waals surface area contributed by atoms with Gasteiger partial charge in [-0.3, -0.25) is 0 Å². The minimum Gasteiger partial charge on any atom is -0.383 e. The zero-order valence-electron chi connectivity index (χ0n) is 13.7. The van der Waals surface area contributed by atoms with E-state index in [1.807, 2.05) is 0 Å². The van der Waals surface area contributed by atoms with Gasteiger partial charge in [-0.2, -0.15) is 0 Å². The van der Waals surface area contributed by atoms with Crippen LogP contribution in [-0.2, 0) is 11.3 Å². The van der Waals surface area contributed by atoms with Gasteiger partial charge in [-0.1, -0.05) is 6.07 Å². The number of rotatable bonds is 7. The summed E-state index contributed by atoms with van der Waals surface area (Å²) in [7, 11) is 1.74. The fraction of sp³-hybridized carbons (Fsp3) is 0.688. The molecule has 0 radical (unpaired) electrons. The summed E-state index contributed by atoms with van der Waals surface area (Å²) < 4.78 is 5.25. The monoisotopic (exact) mass is 279 g/mol. The number of ether oxygens (including phenoxy) is 1. The lowest BCUT2D eigenvalue weighted by atomic mass is 10.1. The second kappa shape index (κ2) is 7.60. The molecule has 0 saturated carbocycles. The Morgan fingerprint density at radius 2 is 2.05 bits per heavy atom. The van der Waals surface area contributed by atoms with E-state index < -0.39 is 0 Å². The summed E-state index contributed by atoms with van der Waals surface area (Å²) in [6.07, 6.45) is 0. The molecule has 1 aromatic rings. The van der Waals surface area contributed by atoms with Gasteiger partial charge in [0.1, 0.15) is 5.82 Å². The molecular weight excluding hydrogens is 250 g/mol. The highest BCUT2D eigenvalue weighted by Crippen LogP contribution is 2.15. The van der Waals surface area contributed by atoms with Gasteiger partial charge in [-0.25, -0.2) is 4.98 Å². The van der Waals surface area contributed by atoms with Crippen LogP contribution in [0, 0.1) is 0 Å². The first-order valence-electron chi connectivity index (χ1n) is 7.34. The molecule has 1 rings (SSSR count). The number of hydrogen-bond donors (Lipinski definition) is 1. The van der Waals surface area contributed by atoms with Gasteiger partial charge in [0.05, 0.1) is 18.3 Å². The molecule has 0 amide bonds. The molecule has 1 aromatic heterocycles. The van der Waals surface area contributed by atoms with Gasteiger partial charge in [0, 0.05) is 25.7 Å². The first kappa shape index (κ1) is 16.9. The summed E-state index contributed by atoms with van der Waals surface area (Å²) in [6.45, 7) is 13.2. The molecule has 20 heavy (non-hydrogen) atoms. The highest BCUT2D eigenvalue weighted by Gasteiger charge is 2.15. The second-order valence-corrected chi connectivity index (χ2v) is 6.18. The van der Waals surface area contributed by atoms with Crippen LogP contribution in [0.5, 0.6) is 0 Å². The minimum absolute atomic E-state index is 0.103. The van der Waals surface area contributed by atoms with Crippen LogP contribution < -0.4 is 10.2 Å². The fourth-order valence-corrected chi connectivity index (χ4v) is 2.11. The van der Waals surface area contributed by atoms with Crippen molar-refractivity contribution < 1.29 is 4.74 Å². The van der Waals surface area contributed by atoms with Crippen molar-refractivity contribution in [3.63, 3.8) is 0 Å². The van der Waals surface area contributed by atoms with Crippen molar-refractivity contribution in [3.05, 3.63) is 23.9 Å². The van der Waals surface area contributed by atoms with Crippen LogP contribution in [0.4, 0.5) is 5.82 Å². The highest BCUT2D eigenvalue weighted by atomic mass is 16.5. The van der Waals surface area contributed by atoms with Gasteiger partial charge < -0.3 is 15.0 Å². The van der Waals surface area contributed by atoms with Crippen molar-refractivity contribution in [1.29, 1.82) is 0 Å². The first-order chi connectivity index (χ1) is 9.37. The molecule has 0 aliphatic carbocycles. The molecule has 1 heterocycles. The molecule has 4 nitrogen and oxygen atoms in total. The number of methoxy groups -OCH3 is 1. The summed E-state index contributed by atoms with van der Waals surface area (Å²) in [5.41, 5.74) is 1.17. The molecule has 0 saturated heterocycles. The second-order valence-electron chi connectivity index (χ2n) is 6.18. The zero-order valence-corrected chi connectivity index (χ0v) is 13.7. The van der Waals surface area contributed by atoms with Gasteiger partial charge >= 0.3 is 0 Å². The Bertz CT molecular complexity index is 401. The summed E-state index contributed by atoms with van der Waals surface area (Å²) >= 11 is 0. The van der Waals surface area contributed by atoms with E-state index in [1.165, 1.54) is 0 Å². The Hall–Kier alpha value is -1.13. The number of aromatic nitrogens is 1. The van der Waals surface area contributed by atoms with E-state index in [9.17, 15) is 0 Å². The Morgan fingerprint density at radius 3 is 2.60 bits per heavy atom. The van der Waals surface area contributed by atoms with Gasteiger partial charge in [-0.05, 0) is 46.8 Å².